The van der Waals surface area contributed by atoms with Crippen molar-refractivity contribution in [3.05, 3.63) is 60.2 Å². The number of aromatic nitrogens is 2. The third-order valence-corrected chi connectivity index (χ3v) is 4.85. The van der Waals surface area contributed by atoms with E-state index in [9.17, 15) is 9.59 Å². The maximum absolute atomic E-state index is 13.0. The number of imidazole rings is 1. The van der Waals surface area contributed by atoms with E-state index in [4.69, 9.17) is 4.74 Å². The number of carbonyl (C=O) groups is 2. The molecule has 0 spiro atoms. The molecule has 0 radical (unpaired) electrons. The third kappa shape index (κ3) is 3.81. The van der Waals surface area contributed by atoms with Crippen molar-refractivity contribution in [1.29, 1.82) is 0 Å². The van der Waals surface area contributed by atoms with Crippen LogP contribution >= 0.6 is 0 Å². The summed E-state index contributed by atoms with van der Waals surface area (Å²) in [6.45, 7) is 5.31. The highest BCUT2D eigenvalue weighted by molar-refractivity contribution is 6.06. The van der Waals surface area contributed by atoms with E-state index >= 15 is 0 Å². The van der Waals surface area contributed by atoms with Gasteiger partial charge in [0.25, 0.3) is 11.8 Å². The predicted molar refractivity (Wildman–Crippen MR) is 110 cm³/mol. The summed E-state index contributed by atoms with van der Waals surface area (Å²) in [5.74, 6) is 0.229. The fraction of sp³-hybridized carbons (Fsp3) is 0.318. The number of pyridine rings is 1. The molecule has 0 saturated carbocycles. The lowest BCUT2D eigenvalue weighted by Gasteiger charge is -2.14. The van der Waals surface area contributed by atoms with Gasteiger partial charge in [0.2, 0.25) is 5.82 Å². The van der Waals surface area contributed by atoms with Crippen LogP contribution in [0.25, 0.3) is 5.52 Å². The average molecular weight is 392 g/mol. The monoisotopic (exact) mass is 392 g/mol. The number of nitrogens with one attached hydrogen (secondary N) is 1. The van der Waals surface area contributed by atoms with E-state index in [0.717, 1.165) is 25.9 Å². The number of amides is 2. The summed E-state index contributed by atoms with van der Waals surface area (Å²) in [4.78, 5) is 32.2. The summed E-state index contributed by atoms with van der Waals surface area (Å²) in [5.41, 5.74) is 1.50. The van der Waals surface area contributed by atoms with Crippen molar-refractivity contribution in [3.63, 3.8) is 0 Å². The van der Waals surface area contributed by atoms with Crippen LogP contribution in [-0.2, 0) is 0 Å². The van der Waals surface area contributed by atoms with E-state index in [1.54, 1.807) is 21.6 Å². The standard InChI is InChI=1S/C22H24N4O3/c1-15(2)29-18-11-4-3-9-16(18)23-21(27)20-24-19(17-10-5-6-14-26(17)20)22(28)25-12-7-8-13-25/h3-6,9-11,14-15H,7-8,12-13H2,1-2H3,(H,23,27). The number of nitrogens with zero attached hydrogens (tertiary/aromatic N) is 3. The SMILES string of the molecule is CC(C)Oc1ccccc1NC(=O)c1nc(C(=O)N2CCCC2)c2ccccn12. The zero-order valence-corrected chi connectivity index (χ0v) is 16.6. The molecule has 1 aliphatic rings. The normalized spacial score (nSPS) is 13.8. The number of para-hydroxylation sites is 2. The Morgan fingerprint density at radius 1 is 1.07 bits per heavy atom. The molecule has 150 valence electrons. The second kappa shape index (κ2) is 7.95. The maximum atomic E-state index is 13.0. The van der Waals surface area contributed by atoms with Crippen LogP contribution in [-0.4, -0.2) is 45.3 Å². The molecule has 2 aromatic heterocycles. The summed E-state index contributed by atoms with van der Waals surface area (Å²) in [6.07, 6.45) is 3.72. The average Bonchev–Trinajstić information content (AvgIpc) is 3.37. The first-order valence-corrected chi connectivity index (χ1v) is 9.88. The molecule has 1 aromatic carbocycles. The number of carbonyl (C=O) groups excluding carboxylic acids is 2. The fourth-order valence-electron chi connectivity index (χ4n) is 3.53. The Hall–Kier alpha value is -3.35. The molecule has 0 unspecified atom stereocenters. The Kier molecular flexibility index (Phi) is 5.20. The molecule has 0 bridgehead atoms. The van der Waals surface area contributed by atoms with Crippen molar-refractivity contribution < 1.29 is 14.3 Å². The molecule has 0 aliphatic carbocycles. The Bertz CT molecular complexity index is 1050. The molecule has 0 atom stereocenters. The van der Waals surface area contributed by atoms with Crippen LogP contribution in [0.15, 0.2) is 48.7 Å². The van der Waals surface area contributed by atoms with E-state index < -0.39 is 5.91 Å². The van der Waals surface area contributed by atoms with E-state index in [2.05, 4.69) is 10.3 Å². The third-order valence-electron chi connectivity index (χ3n) is 4.85. The zero-order chi connectivity index (χ0) is 20.4. The summed E-state index contributed by atoms with van der Waals surface area (Å²) < 4.78 is 7.44. The Balaban J connectivity index is 1.68. The van der Waals surface area contributed by atoms with Crippen molar-refractivity contribution in [2.75, 3.05) is 18.4 Å². The van der Waals surface area contributed by atoms with E-state index in [0.29, 0.717) is 22.6 Å². The van der Waals surface area contributed by atoms with Crippen LogP contribution in [0, 0.1) is 0 Å². The van der Waals surface area contributed by atoms with Gasteiger partial charge in [-0.05, 0) is 51.0 Å². The van der Waals surface area contributed by atoms with Gasteiger partial charge in [0.1, 0.15) is 5.75 Å². The quantitative estimate of drug-likeness (QED) is 0.720. The number of hydrogen-bond acceptors (Lipinski definition) is 4. The molecular weight excluding hydrogens is 368 g/mol. The van der Waals surface area contributed by atoms with Crippen LogP contribution in [0.3, 0.4) is 0 Å². The van der Waals surface area contributed by atoms with E-state index in [1.165, 1.54) is 0 Å². The summed E-state index contributed by atoms with van der Waals surface area (Å²) in [6, 6.07) is 12.7. The van der Waals surface area contributed by atoms with Crippen LogP contribution in [0.4, 0.5) is 5.69 Å². The first kappa shape index (κ1) is 19.0. The lowest BCUT2D eigenvalue weighted by Crippen LogP contribution is -2.28. The number of rotatable bonds is 5. The molecule has 1 fully saturated rings. The smallest absolute Gasteiger partial charge is 0.292 e. The summed E-state index contributed by atoms with van der Waals surface area (Å²) in [5, 5.41) is 2.87. The Morgan fingerprint density at radius 3 is 2.55 bits per heavy atom. The van der Waals surface area contributed by atoms with Crippen molar-refractivity contribution in [3.8, 4) is 5.75 Å². The van der Waals surface area contributed by atoms with Gasteiger partial charge in [0, 0.05) is 19.3 Å². The molecule has 1 saturated heterocycles. The largest absolute Gasteiger partial charge is 0.489 e. The van der Waals surface area contributed by atoms with E-state index in [-0.39, 0.29) is 17.8 Å². The molecular formula is C22H24N4O3. The highest BCUT2D eigenvalue weighted by Crippen LogP contribution is 2.26. The molecule has 1 aliphatic heterocycles. The number of fused-ring (bicyclic) bond motifs is 1. The molecule has 1 N–H and O–H groups in total. The molecule has 7 nitrogen and oxygen atoms in total. The van der Waals surface area contributed by atoms with Crippen molar-refractivity contribution >= 4 is 23.0 Å². The van der Waals surface area contributed by atoms with Crippen molar-refractivity contribution in [2.45, 2.75) is 32.8 Å². The van der Waals surface area contributed by atoms with Gasteiger partial charge in [-0.1, -0.05) is 18.2 Å². The highest BCUT2D eigenvalue weighted by Gasteiger charge is 2.27. The lowest BCUT2D eigenvalue weighted by atomic mass is 10.3. The van der Waals surface area contributed by atoms with Gasteiger partial charge in [0.05, 0.1) is 17.3 Å². The van der Waals surface area contributed by atoms with Crippen molar-refractivity contribution in [2.24, 2.45) is 0 Å². The predicted octanol–water partition coefficient (Wildman–Crippen LogP) is 3.61. The first-order chi connectivity index (χ1) is 14.0. The fourth-order valence-corrected chi connectivity index (χ4v) is 3.53. The van der Waals surface area contributed by atoms with Crippen LogP contribution in [0.1, 0.15) is 47.8 Å². The number of ether oxygens (including phenoxy) is 1. The topological polar surface area (TPSA) is 75.9 Å². The molecule has 4 rings (SSSR count). The number of hydrogen-bond donors (Lipinski definition) is 1. The second-order valence-corrected chi connectivity index (χ2v) is 7.36. The molecule has 3 aromatic rings. The Labute approximate surface area is 169 Å². The number of anilines is 1. The minimum atomic E-state index is -0.397. The number of likely N-dealkylation sites (tertiary alicyclic amines) is 1. The molecule has 29 heavy (non-hydrogen) atoms. The second-order valence-electron chi connectivity index (χ2n) is 7.36. The molecule has 7 heteroatoms. The van der Waals surface area contributed by atoms with Crippen LogP contribution < -0.4 is 10.1 Å². The zero-order valence-electron chi connectivity index (χ0n) is 16.6. The van der Waals surface area contributed by atoms with Crippen molar-refractivity contribution in [1.82, 2.24) is 14.3 Å². The van der Waals surface area contributed by atoms with Gasteiger partial charge in [-0.15, -0.1) is 0 Å². The minimum absolute atomic E-state index is 0.0232. The summed E-state index contributed by atoms with van der Waals surface area (Å²) in [7, 11) is 0. The lowest BCUT2D eigenvalue weighted by molar-refractivity contribution is 0.0789. The van der Waals surface area contributed by atoms with Gasteiger partial charge in [-0.3, -0.25) is 14.0 Å². The van der Waals surface area contributed by atoms with E-state index in [1.807, 2.05) is 50.2 Å². The van der Waals surface area contributed by atoms with Gasteiger partial charge < -0.3 is 15.0 Å². The van der Waals surface area contributed by atoms with Gasteiger partial charge in [0.15, 0.2) is 5.69 Å². The van der Waals surface area contributed by atoms with Gasteiger partial charge in [-0.2, -0.15) is 0 Å². The first-order valence-electron chi connectivity index (χ1n) is 9.88. The number of benzene rings is 1. The minimum Gasteiger partial charge on any atom is -0.489 e. The van der Waals surface area contributed by atoms with Crippen LogP contribution in [0.2, 0.25) is 0 Å². The maximum Gasteiger partial charge on any atom is 0.292 e. The van der Waals surface area contributed by atoms with Gasteiger partial charge >= 0.3 is 0 Å². The highest BCUT2D eigenvalue weighted by atomic mass is 16.5. The molecule has 2 amide bonds. The molecule has 3 heterocycles. The summed E-state index contributed by atoms with van der Waals surface area (Å²) >= 11 is 0. The van der Waals surface area contributed by atoms with Crippen LogP contribution in [0.5, 0.6) is 5.75 Å². The Morgan fingerprint density at radius 2 is 1.79 bits per heavy atom. The van der Waals surface area contributed by atoms with Gasteiger partial charge in [-0.25, -0.2) is 4.98 Å².